The van der Waals surface area contributed by atoms with Gasteiger partial charge in [0.25, 0.3) is 5.91 Å². The molecule has 0 saturated carbocycles. The van der Waals surface area contributed by atoms with Crippen LogP contribution in [0.3, 0.4) is 0 Å². The van der Waals surface area contributed by atoms with Crippen LogP contribution in [0.2, 0.25) is 0 Å². The maximum Gasteiger partial charge on any atom is 0.269 e. The van der Waals surface area contributed by atoms with E-state index in [1.165, 1.54) is 14.2 Å². The number of hydrazine groups is 1. The molecule has 0 aliphatic rings. The fraction of sp³-hybridized carbons (Fsp3) is 0.273. The fourth-order valence-corrected chi connectivity index (χ4v) is 1.24. The summed E-state index contributed by atoms with van der Waals surface area (Å²) in [6.45, 7) is 0. The lowest BCUT2D eigenvalue weighted by Gasteiger charge is -2.10. The number of thiocarbonyl (C=S) groups is 1. The van der Waals surface area contributed by atoms with Crippen molar-refractivity contribution in [2.75, 3.05) is 21.3 Å². The number of carbonyl (C=O) groups excluding carboxylic acids is 1. The highest BCUT2D eigenvalue weighted by Crippen LogP contribution is 2.22. The van der Waals surface area contributed by atoms with Crippen molar-refractivity contribution < 1.29 is 14.3 Å². The number of nitrogens with one attached hydrogen (secondary N) is 3. The van der Waals surface area contributed by atoms with Crippen LogP contribution < -0.4 is 25.6 Å². The van der Waals surface area contributed by atoms with Crippen LogP contribution in [0.25, 0.3) is 0 Å². The number of carbonyl (C=O) groups is 1. The quantitative estimate of drug-likeness (QED) is 0.546. The zero-order chi connectivity index (χ0) is 13.5. The van der Waals surface area contributed by atoms with E-state index in [0.29, 0.717) is 22.2 Å². The summed E-state index contributed by atoms with van der Waals surface area (Å²) >= 11 is 4.83. The monoisotopic (exact) mass is 269 g/mol. The van der Waals surface area contributed by atoms with Gasteiger partial charge in [-0.05, 0) is 24.4 Å². The van der Waals surface area contributed by atoms with E-state index < -0.39 is 0 Å². The molecule has 0 unspecified atom stereocenters. The first-order valence-corrected chi connectivity index (χ1v) is 5.52. The topological polar surface area (TPSA) is 71.6 Å². The fourth-order valence-electron chi connectivity index (χ4n) is 1.19. The molecule has 7 heteroatoms. The summed E-state index contributed by atoms with van der Waals surface area (Å²) in [5.74, 6) is 0.733. The van der Waals surface area contributed by atoms with E-state index in [0.717, 1.165) is 0 Å². The lowest BCUT2D eigenvalue weighted by molar-refractivity contribution is 0.0943. The first-order valence-electron chi connectivity index (χ1n) is 5.12. The average Bonchev–Trinajstić information content (AvgIpc) is 2.43. The number of ether oxygens (including phenoxy) is 2. The van der Waals surface area contributed by atoms with Crippen LogP contribution in [0.4, 0.5) is 0 Å². The number of hydrogen-bond acceptors (Lipinski definition) is 4. The van der Waals surface area contributed by atoms with Gasteiger partial charge in [-0.1, -0.05) is 0 Å². The summed E-state index contributed by atoms with van der Waals surface area (Å²) in [7, 11) is 4.69. The lowest BCUT2D eigenvalue weighted by atomic mass is 10.2. The first kappa shape index (κ1) is 14.0. The SMILES string of the molecule is CNC(=S)NNC(=O)c1cc(OC)cc(OC)c1. The van der Waals surface area contributed by atoms with Crippen molar-refractivity contribution in [3.05, 3.63) is 23.8 Å². The minimum Gasteiger partial charge on any atom is -0.497 e. The molecular weight excluding hydrogens is 254 g/mol. The Bertz CT molecular complexity index is 429. The van der Waals surface area contributed by atoms with Crippen molar-refractivity contribution in [3.8, 4) is 11.5 Å². The zero-order valence-corrected chi connectivity index (χ0v) is 11.2. The van der Waals surface area contributed by atoms with Gasteiger partial charge < -0.3 is 14.8 Å². The summed E-state index contributed by atoms with van der Waals surface area (Å²) in [5, 5.41) is 2.99. The van der Waals surface area contributed by atoms with E-state index in [9.17, 15) is 4.79 Å². The van der Waals surface area contributed by atoms with Gasteiger partial charge in [0.15, 0.2) is 5.11 Å². The van der Waals surface area contributed by atoms with Crippen LogP contribution in [0.5, 0.6) is 11.5 Å². The van der Waals surface area contributed by atoms with E-state index in [1.807, 2.05) is 0 Å². The predicted molar refractivity (Wildman–Crippen MR) is 71.8 cm³/mol. The second-order valence-electron chi connectivity index (χ2n) is 3.26. The molecule has 0 saturated heterocycles. The minimum atomic E-state index is -0.343. The molecule has 6 nitrogen and oxygen atoms in total. The highest BCUT2D eigenvalue weighted by Gasteiger charge is 2.09. The second-order valence-corrected chi connectivity index (χ2v) is 3.67. The van der Waals surface area contributed by atoms with Crippen molar-refractivity contribution in [3.63, 3.8) is 0 Å². The Kier molecular flexibility index (Phi) is 5.19. The Morgan fingerprint density at radius 3 is 2.11 bits per heavy atom. The van der Waals surface area contributed by atoms with Gasteiger partial charge in [0.1, 0.15) is 11.5 Å². The summed E-state index contributed by atoms with van der Waals surface area (Å²) in [5.41, 5.74) is 5.39. The smallest absolute Gasteiger partial charge is 0.269 e. The number of benzene rings is 1. The van der Waals surface area contributed by atoms with Gasteiger partial charge in [-0.25, -0.2) is 0 Å². The van der Waals surface area contributed by atoms with E-state index in [1.54, 1.807) is 25.2 Å². The molecule has 0 fully saturated rings. The van der Waals surface area contributed by atoms with Gasteiger partial charge in [0.05, 0.1) is 14.2 Å². The van der Waals surface area contributed by atoms with Crippen LogP contribution in [0.1, 0.15) is 10.4 Å². The first-order chi connectivity index (χ1) is 8.60. The molecule has 3 N–H and O–H groups in total. The van der Waals surface area contributed by atoms with Gasteiger partial charge in [0.2, 0.25) is 0 Å². The number of hydrogen-bond donors (Lipinski definition) is 3. The molecule has 1 amide bonds. The highest BCUT2D eigenvalue weighted by atomic mass is 32.1. The van der Waals surface area contributed by atoms with E-state index in [4.69, 9.17) is 21.7 Å². The van der Waals surface area contributed by atoms with Gasteiger partial charge in [-0.15, -0.1) is 0 Å². The maximum absolute atomic E-state index is 11.8. The molecule has 18 heavy (non-hydrogen) atoms. The Labute approximate surface area is 111 Å². The molecule has 0 aliphatic heterocycles. The average molecular weight is 269 g/mol. The minimum absolute atomic E-state index is 0.318. The third kappa shape index (κ3) is 3.77. The Balaban J connectivity index is 2.81. The lowest BCUT2D eigenvalue weighted by Crippen LogP contribution is -2.45. The molecule has 0 heterocycles. The van der Waals surface area contributed by atoms with Crippen molar-refractivity contribution in [2.45, 2.75) is 0 Å². The van der Waals surface area contributed by atoms with Crippen molar-refractivity contribution in [1.82, 2.24) is 16.2 Å². The third-order valence-corrected chi connectivity index (χ3v) is 2.44. The van der Waals surface area contributed by atoms with Crippen LogP contribution in [0.15, 0.2) is 18.2 Å². The highest BCUT2D eigenvalue weighted by molar-refractivity contribution is 7.80. The third-order valence-electron chi connectivity index (χ3n) is 2.13. The van der Waals surface area contributed by atoms with Gasteiger partial charge in [0, 0.05) is 18.7 Å². The molecule has 0 aromatic heterocycles. The molecule has 0 aliphatic carbocycles. The molecule has 0 bridgehead atoms. The van der Waals surface area contributed by atoms with Crippen molar-refractivity contribution >= 4 is 23.2 Å². The van der Waals surface area contributed by atoms with Crippen molar-refractivity contribution in [2.24, 2.45) is 0 Å². The van der Waals surface area contributed by atoms with Crippen LogP contribution in [0, 0.1) is 0 Å². The molecular formula is C11H15N3O3S. The zero-order valence-electron chi connectivity index (χ0n) is 10.4. The molecule has 1 aromatic carbocycles. The summed E-state index contributed by atoms with van der Waals surface area (Å²) in [6.07, 6.45) is 0. The molecule has 0 atom stereocenters. The summed E-state index contributed by atoms with van der Waals surface area (Å²) in [6, 6.07) is 4.88. The second kappa shape index (κ2) is 6.65. The molecule has 0 radical (unpaired) electrons. The van der Waals surface area contributed by atoms with Crippen molar-refractivity contribution in [1.29, 1.82) is 0 Å². The van der Waals surface area contributed by atoms with Crippen LogP contribution in [-0.2, 0) is 0 Å². The normalized spacial score (nSPS) is 9.28. The molecule has 1 aromatic rings. The Morgan fingerprint density at radius 2 is 1.67 bits per heavy atom. The molecule has 1 rings (SSSR count). The summed E-state index contributed by atoms with van der Waals surface area (Å²) in [4.78, 5) is 11.8. The van der Waals surface area contributed by atoms with E-state index in [-0.39, 0.29) is 5.91 Å². The molecule has 98 valence electrons. The summed E-state index contributed by atoms with van der Waals surface area (Å²) < 4.78 is 10.2. The molecule has 0 spiro atoms. The van der Waals surface area contributed by atoms with E-state index >= 15 is 0 Å². The standard InChI is InChI=1S/C11H15N3O3S/c1-12-11(18)14-13-10(15)7-4-8(16-2)6-9(5-7)17-3/h4-6H,1-3H3,(H,13,15)(H2,12,14,18). The maximum atomic E-state index is 11.8. The van der Waals surface area contributed by atoms with Crippen LogP contribution in [-0.4, -0.2) is 32.3 Å². The number of amides is 1. The Hall–Kier alpha value is -2.02. The Morgan fingerprint density at radius 1 is 1.11 bits per heavy atom. The largest absolute Gasteiger partial charge is 0.497 e. The van der Waals surface area contributed by atoms with Gasteiger partial charge >= 0.3 is 0 Å². The van der Waals surface area contributed by atoms with Crippen LogP contribution >= 0.6 is 12.2 Å². The van der Waals surface area contributed by atoms with Gasteiger partial charge in [-0.3, -0.25) is 15.6 Å². The number of rotatable bonds is 3. The van der Waals surface area contributed by atoms with Gasteiger partial charge in [-0.2, -0.15) is 0 Å². The van der Waals surface area contributed by atoms with E-state index in [2.05, 4.69) is 16.2 Å². The predicted octanol–water partition coefficient (Wildman–Crippen LogP) is 0.442. The number of methoxy groups -OCH3 is 2.